The van der Waals surface area contributed by atoms with Gasteiger partial charge in [0.1, 0.15) is 0 Å². The third kappa shape index (κ3) is 36.1. The summed E-state index contributed by atoms with van der Waals surface area (Å²) in [6, 6.07) is 63.7. The minimum Gasteiger partial charge on any atom is -0.481 e. The number of carbonyl (C=O) groups excluding carboxylic acids is 1. The molecule has 8 heterocycles. The number of aromatic nitrogens is 16. The molecule has 16 rings (SSSR count). The molecule has 21 N–H and O–H groups in total. The molecule has 0 atom stereocenters. The van der Waals surface area contributed by atoms with E-state index in [0.717, 1.165) is 161 Å². The SMILES string of the molecule is CC(=O)NN.CC(=O)O.CS(=O)(=O)O.CS(=O)(=O)O.CS(=O)(=O)O.CS(N)(=O)=O.CS(N)(=O)=O.CS(N)(=O)=O.c1ccc2[nH]c(-c3nc4ccccc4[nH]3)nc2c1.c1ccc2[nH]c(-c3nc4ccccc4[nH]3)nc2c1.c1ccc2[nH]c(-c3nc4ccccc4[nH]3)nc2c1.c1ccc2[nH]c(-c3nc4ccccc4[nH]3)nc2c1. The van der Waals surface area contributed by atoms with Crippen molar-refractivity contribution in [2.45, 2.75) is 13.8 Å². The molecule has 0 spiro atoms. The number of fused-ring (bicyclic) bond motifs is 8. The van der Waals surface area contributed by atoms with Crippen LogP contribution in [0, 0.1) is 0 Å². The van der Waals surface area contributed by atoms with Crippen LogP contribution >= 0.6 is 0 Å². The quantitative estimate of drug-likeness (QED) is 0.0375. The topological polar surface area (TPSA) is 665 Å². The summed E-state index contributed by atoms with van der Waals surface area (Å²) in [6.45, 7) is 2.43. The summed E-state index contributed by atoms with van der Waals surface area (Å²) in [4.78, 5) is 81.0. The number of hydrazine groups is 1. The van der Waals surface area contributed by atoms with Gasteiger partial charge in [0.2, 0.25) is 36.0 Å². The highest BCUT2D eigenvalue weighted by atomic mass is 32.2. The molecule has 0 saturated carbocycles. The van der Waals surface area contributed by atoms with E-state index in [0.29, 0.717) is 18.8 Å². The lowest BCUT2D eigenvalue weighted by molar-refractivity contribution is -0.134. The number of benzene rings is 8. The van der Waals surface area contributed by atoms with Crippen molar-refractivity contribution in [3.63, 3.8) is 0 Å². The number of imidazole rings is 8. The molecule has 0 aliphatic rings. The van der Waals surface area contributed by atoms with Gasteiger partial charge in [0.05, 0.1) is 126 Å². The molecule has 1 amide bonds. The highest BCUT2D eigenvalue weighted by molar-refractivity contribution is 7.89. The molecule has 0 radical (unpaired) electrons. The Labute approximate surface area is 634 Å². The van der Waals surface area contributed by atoms with Crippen molar-refractivity contribution in [1.29, 1.82) is 0 Å². The molecular weight excluding hydrogens is 1570 g/mol. The number of nitrogens with one attached hydrogen (secondary N) is 9. The van der Waals surface area contributed by atoms with Gasteiger partial charge in [0, 0.05) is 13.8 Å². The maximum atomic E-state index is 9.58. The van der Waals surface area contributed by atoms with Gasteiger partial charge >= 0.3 is 0 Å². The molecule has 8 aromatic carbocycles. The first kappa shape index (κ1) is 89.5. The summed E-state index contributed by atoms with van der Waals surface area (Å²) in [5.41, 5.74) is 17.7. The van der Waals surface area contributed by atoms with E-state index >= 15 is 0 Å². The summed E-state index contributed by atoms with van der Waals surface area (Å²) in [7, 11) is -20.5. The second kappa shape index (κ2) is 40.4. The van der Waals surface area contributed by atoms with Crippen molar-refractivity contribution >= 4 is 161 Å². The van der Waals surface area contributed by atoms with Crippen LogP contribution in [0.5, 0.6) is 0 Å². The minimum absolute atomic E-state index is 0.218. The Morgan fingerprint density at radius 1 is 0.279 bits per heavy atom. The highest BCUT2D eigenvalue weighted by Gasteiger charge is 2.13. The van der Waals surface area contributed by atoms with E-state index in [1.807, 2.05) is 200 Å². The first-order chi connectivity index (χ1) is 51.6. The number of sulfonamides is 3. The number of H-pyrrole nitrogens is 8. The van der Waals surface area contributed by atoms with Crippen LogP contribution in [-0.4, -0.2) is 198 Å². The van der Waals surface area contributed by atoms with E-state index in [4.69, 9.17) is 23.6 Å². The summed E-state index contributed by atoms with van der Waals surface area (Å²) in [5, 5.41) is 20.4. The van der Waals surface area contributed by atoms with Crippen molar-refractivity contribution < 1.29 is 78.9 Å². The van der Waals surface area contributed by atoms with Gasteiger partial charge in [-0.3, -0.25) is 28.7 Å². The van der Waals surface area contributed by atoms with Gasteiger partial charge in [-0.15, -0.1) is 0 Å². The van der Waals surface area contributed by atoms with Crippen LogP contribution in [0.15, 0.2) is 194 Å². The lowest BCUT2D eigenvalue weighted by Gasteiger charge is -1.86. The van der Waals surface area contributed by atoms with E-state index in [9.17, 15) is 55.3 Å². The van der Waals surface area contributed by atoms with Crippen LogP contribution in [0.3, 0.4) is 0 Å². The van der Waals surface area contributed by atoms with Crippen LogP contribution in [0.4, 0.5) is 0 Å². The standard InChI is InChI=1S/4C14H10N4.C2H6N2O.C2H4O2.3CH5NO2S.3CH4O3S/c4*1-2-6-10-9(5-1)15-13(16-10)14-17-11-7-3-4-8-12(11)18-14;1-2(5)4-3;1-2(3)4;6*1-5(2,3)4/h4*1-8H,(H,15,16)(H,17,18);3H2,1H3,(H,4,5);1H3,(H,3,4);3*1H3,(H2,2,3,4);3*1H3,(H,2,3,4). The predicted octanol–water partition coefficient (Wildman–Crippen LogP) is 6.74. The van der Waals surface area contributed by atoms with E-state index in [1.165, 1.54) is 6.92 Å². The smallest absolute Gasteiger partial charge is 0.300 e. The number of primary sulfonamides is 3. The average Bonchev–Trinajstić information content (AvgIpc) is 1.67. The number of amides is 1. The number of hydrogen-bond donors (Lipinski definition) is 17. The fraction of sp³-hybridized carbons (Fsp3) is 0.121. The van der Waals surface area contributed by atoms with Gasteiger partial charge in [-0.05, 0) is 97.1 Å². The number of aliphatic carboxylic acids is 1. The molecule has 45 heteroatoms. The zero-order valence-corrected chi connectivity index (χ0v) is 64.7. The molecular formula is C66H77N21O18S6. The molecule has 0 aliphatic carbocycles. The van der Waals surface area contributed by atoms with Crippen molar-refractivity contribution in [2.75, 3.05) is 37.5 Å². The normalized spacial score (nSPS) is 11.0. The molecule has 0 aliphatic heterocycles. The maximum Gasteiger partial charge on any atom is 0.300 e. The maximum absolute atomic E-state index is 9.58. The van der Waals surface area contributed by atoms with Crippen LogP contribution in [0.25, 0.3) is 135 Å². The third-order valence-corrected chi connectivity index (χ3v) is 12.2. The molecule has 0 bridgehead atoms. The Morgan fingerprint density at radius 3 is 0.432 bits per heavy atom. The summed E-state index contributed by atoms with van der Waals surface area (Å²) in [6.07, 6.45) is 4.96. The Balaban J connectivity index is 0.000000229. The van der Waals surface area contributed by atoms with E-state index in [2.05, 4.69) is 101 Å². The molecule has 0 unspecified atom stereocenters. The Kier molecular flexibility index (Phi) is 32.5. The Bertz CT molecular complexity index is 5080. The molecule has 8 aromatic heterocycles. The number of nitrogens with zero attached hydrogens (tertiary/aromatic N) is 8. The molecule has 16 aromatic rings. The molecule has 111 heavy (non-hydrogen) atoms. The number of carboxylic acids is 1. The van der Waals surface area contributed by atoms with Gasteiger partial charge in [0.15, 0.2) is 46.6 Å². The van der Waals surface area contributed by atoms with Crippen LogP contribution < -0.4 is 26.7 Å². The Morgan fingerprint density at radius 2 is 0.360 bits per heavy atom. The minimum atomic E-state index is -3.67. The van der Waals surface area contributed by atoms with Crippen LogP contribution in [-0.2, 0) is 70.0 Å². The number of para-hydroxylation sites is 16. The first-order valence-corrected chi connectivity index (χ1v) is 42.5. The average molecular weight is 1640 g/mol. The van der Waals surface area contributed by atoms with E-state index in [-0.39, 0.29) is 5.91 Å². The van der Waals surface area contributed by atoms with Crippen molar-refractivity contribution in [2.24, 2.45) is 21.3 Å². The number of rotatable bonds is 4. The lowest BCUT2D eigenvalue weighted by atomic mass is 10.3. The largest absolute Gasteiger partial charge is 0.481 e. The van der Waals surface area contributed by atoms with E-state index in [1.54, 1.807) is 0 Å². The van der Waals surface area contributed by atoms with E-state index < -0.39 is 66.4 Å². The second-order valence-corrected chi connectivity index (χ2v) is 32.1. The van der Waals surface area contributed by atoms with Crippen LogP contribution in [0.2, 0.25) is 0 Å². The zero-order valence-electron chi connectivity index (χ0n) is 59.8. The summed E-state index contributed by atoms with van der Waals surface area (Å²) in [5.74, 6) is 9.69. The van der Waals surface area contributed by atoms with Gasteiger partial charge in [-0.1, -0.05) is 97.1 Å². The Hall–Kier alpha value is -12.1. The highest BCUT2D eigenvalue weighted by Crippen LogP contribution is 2.25. The first-order valence-electron chi connectivity index (χ1n) is 31.1. The van der Waals surface area contributed by atoms with Crippen molar-refractivity contribution in [1.82, 2.24) is 85.2 Å². The lowest BCUT2D eigenvalue weighted by Crippen LogP contribution is -2.26. The third-order valence-electron chi connectivity index (χ3n) is 12.2. The molecule has 39 nitrogen and oxygen atoms in total. The summed E-state index contributed by atoms with van der Waals surface area (Å²) >= 11 is 0. The number of aromatic amines is 8. The molecule has 0 fully saturated rings. The van der Waals surface area contributed by atoms with Crippen molar-refractivity contribution in [3.05, 3.63) is 194 Å². The molecule has 0 saturated heterocycles. The fourth-order valence-electron chi connectivity index (χ4n) is 8.52. The second-order valence-electron chi connectivity index (χ2n) is 22.7. The number of carbonyl (C=O) groups is 2. The monoisotopic (exact) mass is 1640 g/mol. The van der Waals surface area contributed by atoms with Gasteiger partial charge < -0.3 is 45.0 Å². The summed E-state index contributed by atoms with van der Waals surface area (Å²) < 4.78 is 134. The van der Waals surface area contributed by atoms with Crippen molar-refractivity contribution in [3.8, 4) is 46.6 Å². The van der Waals surface area contributed by atoms with Gasteiger partial charge in [0.25, 0.3) is 36.3 Å². The number of hydrogen-bond acceptors (Lipinski definition) is 23. The predicted molar refractivity (Wildman–Crippen MR) is 426 cm³/mol. The van der Waals surface area contributed by atoms with Gasteiger partial charge in [-0.2, -0.15) is 25.3 Å². The fourth-order valence-corrected chi connectivity index (χ4v) is 8.52. The van der Waals surface area contributed by atoms with Gasteiger partial charge in [-0.25, -0.2) is 86.4 Å². The molecule has 590 valence electrons. The number of nitrogens with two attached hydrogens (primary N) is 4. The number of carboxylic acid groups (broad SMARTS) is 1. The van der Waals surface area contributed by atoms with Crippen LogP contribution in [0.1, 0.15) is 13.8 Å². The zero-order chi connectivity index (χ0) is 82.7.